The summed E-state index contributed by atoms with van der Waals surface area (Å²) < 4.78 is 5.44. The van der Waals surface area contributed by atoms with E-state index in [2.05, 4.69) is 31.2 Å². The second-order valence-corrected chi connectivity index (χ2v) is 5.33. The van der Waals surface area contributed by atoms with Crippen LogP contribution in [0.15, 0.2) is 52.9 Å². The Balaban J connectivity index is 2.21. The highest BCUT2D eigenvalue weighted by atomic mass is 35.5. The fourth-order valence-electron chi connectivity index (χ4n) is 2.35. The van der Waals surface area contributed by atoms with E-state index in [1.165, 1.54) is 5.39 Å². The number of halogens is 2. The molecule has 0 saturated heterocycles. The fourth-order valence-corrected chi connectivity index (χ4v) is 2.91. The predicted octanol–water partition coefficient (Wildman–Crippen LogP) is 5.72. The van der Waals surface area contributed by atoms with E-state index in [-0.39, 0.29) is 5.38 Å². The number of benzene rings is 2. The minimum absolute atomic E-state index is 0.335. The number of rotatable bonds is 2. The molecule has 0 saturated carbocycles. The van der Waals surface area contributed by atoms with Gasteiger partial charge in [0, 0.05) is 0 Å². The van der Waals surface area contributed by atoms with Crippen LogP contribution in [-0.2, 0) is 0 Å². The van der Waals surface area contributed by atoms with Gasteiger partial charge in [-0.2, -0.15) is 0 Å². The molecule has 0 aliphatic rings. The van der Waals surface area contributed by atoms with Crippen LogP contribution in [0.2, 0.25) is 5.22 Å². The van der Waals surface area contributed by atoms with Crippen molar-refractivity contribution in [3.8, 4) is 0 Å². The van der Waals surface area contributed by atoms with Crippen LogP contribution < -0.4 is 0 Å². The van der Waals surface area contributed by atoms with Crippen LogP contribution in [-0.4, -0.2) is 0 Å². The largest absolute Gasteiger partial charge is 0.448 e. The smallest absolute Gasteiger partial charge is 0.193 e. The van der Waals surface area contributed by atoms with Gasteiger partial charge >= 0.3 is 0 Å². The molecule has 0 N–H and O–H groups in total. The van der Waals surface area contributed by atoms with E-state index >= 15 is 0 Å². The first-order valence-corrected chi connectivity index (χ1v) is 6.86. The summed E-state index contributed by atoms with van der Waals surface area (Å²) in [5.74, 6) is 0.672. The summed E-state index contributed by atoms with van der Waals surface area (Å²) in [5, 5.41) is 2.35. The van der Waals surface area contributed by atoms with Gasteiger partial charge in [-0.1, -0.05) is 36.4 Å². The topological polar surface area (TPSA) is 13.1 Å². The van der Waals surface area contributed by atoms with E-state index in [9.17, 15) is 0 Å². The summed E-state index contributed by atoms with van der Waals surface area (Å²) >= 11 is 12.4. The lowest BCUT2D eigenvalue weighted by molar-refractivity contribution is 0.518. The molecule has 0 spiro atoms. The van der Waals surface area contributed by atoms with Crippen LogP contribution in [0.25, 0.3) is 10.8 Å². The molecule has 1 nitrogen and oxygen atoms in total. The SMILES string of the molecule is Cc1ccc2ccccc2c1C(Cl)c1ccc(Cl)o1. The van der Waals surface area contributed by atoms with Crippen molar-refractivity contribution in [3.05, 3.63) is 70.6 Å². The molecule has 0 radical (unpaired) electrons. The average Bonchev–Trinajstić information content (AvgIpc) is 2.85. The van der Waals surface area contributed by atoms with Crippen molar-refractivity contribution in [2.45, 2.75) is 12.3 Å². The Labute approximate surface area is 121 Å². The lowest BCUT2D eigenvalue weighted by Crippen LogP contribution is -1.96. The predicted molar refractivity (Wildman–Crippen MR) is 80.1 cm³/mol. The molecule has 96 valence electrons. The maximum absolute atomic E-state index is 6.58. The molecule has 19 heavy (non-hydrogen) atoms. The molecule has 1 heterocycles. The maximum Gasteiger partial charge on any atom is 0.193 e. The summed E-state index contributed by atoms with van der Waals surface area (Å²) in [7, 11) is 0. The van der Waals surface area contributed by atoms with Crippen LogP contribution in [0.3, 0.4) is 0 Å². The van der Waals surface area contributed by atoms with Crippen LogP contribution in [0.1, 0.15) is 22.3 Å². The Bertz CT molecular complexity index is 730. The van der Waals surface area contributed by atoms with Crippen molar-refractivity contribution in [1.29, 1.82) is 0 Å². The molecule has 0 aliphatic carbocycles. The molecule has 1 aromatic heterocycles. The summed E-state index contributed by atoms with van der Waals surface area (Å²) in [6, 6.07) is 15.9. The number of hydrogen-bond donors (Lipinski definition) is 0. The average molecular weight is 291 g/mol. The summed E-state index contributed by atoms with van der Waals surface area (Å²) in [5.41, 5.74) is 2.22. The highest BCUT2D eigenvalue weighted by molar-refractivity contribution is 6.29. The number of hydrogen-bond acceptors (Lipinski definition) is 1. The van der Waals surface area contributed by atoms with Gasteiger partial charge in [0.25, 0.3) is 0 Å². The monoisotopic (exact) mass is 290 g/mol. The molecule has 1 atom stereocenters. The normalized spacial score (nSPS) is 12.8. The Morgan fingerprint density at radius 2 is 1.79 bits per heavy atom. The first-order chi connectivity index (χ1) is 9.16. The Morgan fingerprint density at radius 3 is 2.53 bits per heavy atom. The number of furan rings is 1. The fraction of sp³-hybridized carbons (Fsp3) is 0.125. The molecule has 3 heteroatoms. The Morgan fingerprint density at radius 1 is 1.00 bits per heavy atom. The van der Waals surface area contributed by atoms with Crippen molar-refractivity contribution in [2.75, 3.05) is 0 Å². The first-order valence-electron chi connectivity index (χ1n) is 6.04. The van der Waals surface area contributed by atoms with Crippen LogP contribution in [0.5, 0.6) is 0 Å². The number of aryl methyl sites for hydroxylation is 1. The van der Waals surface area contributed by atoms with Crippen molar-refractivity contribution in [3.63, 3.8) is 0 Å². The van der Waals surface area contributed by atoms with Crippen molar-refractivity contribution in [2.24, 2.45) is 0 Å². The van der Waals surface area contributed by atoms with E-state index in [1.54, 1.807) is 6.07 Å². The van der Waals surface area contributed by atoms with Crippen LogP contribution in [0.4, 0.5) is 0 Å². The zero-order valence-corrected chi connectivity index (χ0v) is 11.9. The molecule has 0 fully saturated rings. The van der Waals surface area contributed by atoms with Crippen molar-refractivity contribution in [1.82, 2.24) is 0 Å². The van der Waals surface area contributed by atoms with E-state index in [4.69, 9.17) is 27.6 Å². The molecule has 3 aromatic rings. The maximum atomic E-state index is 6.58. The third-order valence-electron chi connectivity index (χ3n) is 3.29. The number of alkyl halides is 1. The highest BCUT2D eigenvalue weighted by Gasteiger charge is 2.19. The van der Waals surface area contributed by atoms with Gasteiger partial charge in [-0.25, -0.2) is 0 Å². The minimum Gasteiger partial charge on any atom is -0.448 e. The second-order valence-electron chi connectivity index (χ2n) is 4.52. The Kier molecular flexibility index (Phi) is 3.26. The minimum atomic E-state index is -0.335. The quantitative estimate of drug-likeness (QED) is 0.550. The third-order valence-corrected chi connectivity index (χ3v) is 3.92. The molecular formula is C16H12Cl2O. The van der Waals surface area contributed by atoms with E-state index in [1.807, 2.05) is 18.2 Å². The zero-order valence-electron chi connectivity index (χ0n) is 10.4. The molecule has 2 aromatic carbocycles. The number of fused-ring (bicyclic) bond motifs is 1. The molecule has 3 rings (SSSR count). The van der Waals surface area contributed by atoms with E-state index in [0.29, 0.717) is 11.0 Å². The Hall–Kier alpha value is -1.44. The first kappa shape index (κ1) is 12.6. The zero-order chi connectivity index (χ0) is 13.4. The molecule has 0 amide bonds. The second kappa shape index (κ2) is 4.92. The standard InChI is InChI=1S/C16H12Cl2O/c1-10-6-7-11-4-2-3-5-12(11)15(10)16(18)13-8-9-14(17)19-13/h2-9,16H,1H3. The summed E-state index contributed by atoms with van der Waals surface area (Å²) in [4.78, 5) is 0. The van der Waals surface area contributed by atoms with Crippen molar-refractivity contribution >= 4 is 34.0 Å². The molecule has 1 unspecified atom stereocenters. The van der Waals surface area contributed by atoms with Gasteiger partial charge in [0.2, 0.25) is 0 Å². The van der Waals surface area contributed by atoms with Crippen LogP contribution >= 0.6 is 23.2 Å². The van der Waals surface area contributed by atoms with Crippen LogP contribution in [0, 0.1) is 6.92 Å². The van der Waals surface area contributed by atoms with Gasteiger partial charge in [0.1, 0.15) is 11.1 Å². The lowest BCUT2D eigenvalue weighted by atomic mass is 9.96. The van der Waals surface area contributed by atoms with Gasteiger partial charge in [-0.15, -0.1) is 11.6 Å². The van der Waals surface area contributed by atoms with Gasteiger partial charge < -0.3 is 4.42 Å². The third kappa shape index (κ3) is 2.24. The van der Waals surface area contributed by atoms with Gasteiger partial charge in [-0.05, 0) is 52.6 Å². The van der Waals surface area contributed by atoms with E-state index < -0.39 is 0 Å². The molecule has 0 aliphatic heterocycles. The lowest BCUT2D eigenvalue weighted by Gasteiger charge is -2.14. The summed E-state index contributed by atoms with van der Waals surface area (Å²) in [6.07, 6.45) is 0. The molecular weight excluding hydrogens is 279 g/mol. The van der Waals surface area contributed by atoms with Crippen molar-refractivity contribution < 1.29 is 4.42 Å². The van der Waals surface area contributed by atoms with E-state index in [0.717, 1.165) is 16.5 Å². The highest BCUT2D eigenvalue weighted by Crippen LogP contribution is 2.37. The van der Waals surface area contributed by atoms with Gasteiger partial charge in [0.15, 0.2) is 5.22 Å². The molecule has 0 bridgehead atoms. The summed E-state index contributed by atoms with van der Waals surface area (Å²) in [6.45, 7) is 2.06. The van der Waals surface area contributed by atoms with Gasteiger partial charge in [-0.3, -0.25) is 0 Å². The van der Waals surface area contributed by atoms with Gasteiger partial charge in [0.05, 0.1) is 0 Å².